The number of halogens is 1. The minimum atomic E-state index is -0.326. The van der Waals surface area contributed by atoms with Crippen LogP contribution in [-0.4, -0.2) is 22.5 Å². The van der Waals surface area contributed by atoms with Gasteiger partial charge in [0.25, 0.3) is 5.69 Å². The Morgan fingerprint density at radius 2 is 2.29 bits per heavy atom. The minimum absolute atomic E-state index is 0.156. The first kappa shape index (κ1) is 12.9. The summed E-state index contributed by atoms with van der Waals surface area (Å²) >= 11 is 5.08. The van der Waals surface area contributed by atoms with Gasteiger partial charge in [-0.3, -0.25) is 10.1 Å². The van der Waals surface area contributed by atoms with Crippen LogP contribution < -0.4 is 5.73 Å². The largest absolute Gasteiger partial charge is 0.327 e. The van der Waals surface area contributed by atoms with Gasteiger partial charge in [-0.25, -0.2) is 0 Å². The van der Waals surface area contributed by atoms with Crippen molar-refractivity contribution in [3.05, 3.63) is 38.3 Å². The highest BCUT2D eigenvalue weighted by Gasteiger charge is 2.27. The van der Waals surface area contributed by atoms with Crippen LogP contribution >= 0.6 is 27.7 Å². The molecule has 1 fully saturated rings. The average Bonchev–Trinajstić information content (AvgIpc) is 2.67. The van der Waals surface area contributed by atoms with Gasteiger partial charge in [0.1, 0.15) is 0 Å². The van der Waals surface area contributed by atoms with E-state index < -0.39 is 0 Å². The van der Waals surface area contributed by atoms with Gasteiger partial charge in [-0.2, -0.15) is 11.8 Å². The Bertz CT molecular complexity index is 441. The summed E-state index contributed by atoms with van der Waals surface area (Å²) in [7, 11) is 0. The van der Waals surface area contributed by atoms with Crippen LogP contribution in [0.2, 0.25) is 0 Å². The van der Waals surface area contributed by atoms with Crippen LogP contribution in [0.5, 0.6) is 0 Å². The summed E-state index contributed by atoms with van der Waals surface area (Å²) in [5.74, 6) is 2.29. The lowest BCUT2D eigenvalue weighted by molar-refractivity contribution is -0.385. The summed E-state index contributed by atoms with van der Waals surface area (Å²) in [4.78, 5) is 10.7. The molecule has 2 N–H and O–H groups in total. The molecule has 0 bridgehead atoms. The van der Waals surface area contributed by atoms with Gasteiger partial charge in [0.05, 0.1) is 4.92 Å². The zero-order valence-corrected chi connectivity index (χ0v) is 11.5. The van der Waals surface area contributed by atoms with Gasteiger partial charge in [0.2, 0.25) is 0 Å². The maximum absolute atomic E-state index is 11.0. The first-order valence-corrected chi connectivity index (χ1v) is 7.29. The molecule has 0 spiro atoms. The standard InChI is InChI=1S/C11H13BrN2O2S/c12-9-2-1-7(11(4-9)14(15)16)3-8-5-17-6-10(8)13/h1-2,4,8,10H,3,5-6,13H2. The fourth-order valence-corrected chi connectivity index (χ4v) is 3.68. The molecule has 0 radical (unpaired) electrons. The van der Waals surface area contributed by atoms with E-state index in [-0.39, 0.29) is 16.7 Å². The molecule has 4 nitrogen and oxygen atoms in total. The second-order valence-corrected chi connectivity index (χ2v) is 6.19. The van der Waals surface area contributed by atoms with E-state index in [1.807, 2.05) is 23.9 Å². The van der Waals surface area contributed by atoms with Crippen LogP contribution in [0, 0.1) is 16.0 Å². The number of nitrogens with two attached hydrogens (primary N) is 1. The Labute approximate surface area is 112 Å². The van der Waals surface area contributed by atoms with E-state index in [0.29, 0.717) is 12.3 Å². The van der Waals surface area contributed by atoms with Gasteiger partial charge < -0.3 is 5.73 Å². The number of rotatable bonds is 3. The molecular weight excluding hydrogens is 304 g/mol. The molecule has 17 heavy (non-hydrogen) atoms. The van der Waals surface area contributed by atoms with Crippen LogP contribution in [-0.2, 0) is 6.42 Å². The highest BCUT2D eigenvalue weighted by molar-refractivity contribution is 9.10. The van der Waals surface area contributed by atoms with Gasteiger partial charge >= 0.3 is 0 Å². The first-order valence-electron chi connectivity index (χ1n) is 5.34. The summed E-state index contributed by atoms with van der Waals surface area (Å²) in [6.07, 6.45) is 0.692. The van der Waals surface area contributed by atoms with Gasteiger partial charge in [-0.1, -0.05) is 22.0 Å². The van der Waals surface area contributed by atoms with Gasteiger partial charge in [-0.15, -0.1) is 0 Å². The number of hydrogen-bond donors (Lipinski definition) is 1. The summed E-state index contributed by atoms with van der Waals surface area (Å²) < 4.78 is 0.734. The second kappa shape index (κ2) is 5.37. The molecule has 2 unspecified atom stereocenters. The van der Waals surface area contributed by atoms with Gasteiger partial charge in [0, 0.05) is 27.9 Å². The predicted molar refractivity (Wildman–Crippen MR) is 73.3 cm³/mol. The minimum Gasteiger partial charge on any atom is -0.327 e. The Hall–Kier alpha value is -0.590. The Morgan fingerprint density at radius 3 is 2.88 bits per heavy atom. The predicted octanol–water partition coefficient (Wildman–Crippen LogP) is 2.59. The number of nitrogens with zero attached hydrogens (tertiary/aromatic N) is 1. The normalized spacial score (nSPS) is 23.9. The van der Waals surface area contributed by atoms with Crippen molar-refractivity contribution >= 4 is 33.4 Å². The topological polar surface area (TPSA) is 69.2 Å². The SMILES string of the molecule is NC1CSCC1Cc1ccc(Br)cc1[N+](=O)[O-]. The van der Waals surface area contributed by atoms with E-state index in [0.717, 1.165) is 21.5 Å². The van der Waals surface area contributed by atoms with E-state index in [9.17, 15) is 10.1 Å². The molecule has 1 saturated heterocycles. The maximum atomic E-state index is 11.0. The number of thioether (sulfide) groups is 1. The van der Waals surface area contributed by atoms with Crippen molar-refractivity contribution in [2.24, 2.45) is 11.7 Å². The van der Waals surface area contributed by atoms with Crippen LogP contribution in [0.15, 0.2) is 22.7 Å². The number of nitro benzene ring substituents is 1. The lowest BCUT2D eigenvalue weighted by Gasteiger charge is -2.14. The van der Waals surface area contributed by atoms with Crippen molar-refractivity contribution in [2.45, 2.75) is 12.5 Å². The lowest BCUT2D eigenvalue weighted by atomic mass is 9.95. The van der Waals surface area contributed by atoms with Crippen LogP contribution in [0.4, 0.5) is 5.69 Å². The number of hydrogen-bond acceptors (Lipinski definition) is 4. The fourth-order valence-electron chi connectivity index (χ4n) is 1.99. The quantitative estimate of drug-likeness (QED) is 0.687. The van der Waals surface area contributed by atoms with Crippen LogP contribution in [0.3, 0.4) is 0 Å². The van der Waals surface area contributed by atoms with Crippen molar-refractivity contribution < 1.29 is 4.92 Å². The summed E-state index contributed by atoms with van der Waals surface area (Å²) in [6, 6.07) is 5.37. The molecule has 92 valence electrons. The highest BCUT2D eigenvalue weighted by Crippen LogP contribution is 2.30. The zero-order chi connectivity index (χ0) is 12.4. The molecule has 1 heterocycles. The summed E-state index contributed by atoms with van der Waals surface area (Å²) in [5, 5.41) is 11.0. The number of benzene rings is 1. The lowest BCUT2D eigenvalue weighted by Crippen LogP contribution is -2.29. The Morgan fingerprint density at radius 1 is 1.53 bits per heavy atom. The Balaban J connectivity index is 2.22. The van der Waals surface area contributed by atoms with Crippen LogP contribution in [0.25, 0.3) is 0 Å². The third-order valence-electron chi connectivity index (χ3n) is 2.97. The highest BCUT2D eigenvalue weighted by atomic mass is 79.9. The van der Waals surface area contributed by atoms with Gasteiger partial charge in [0.15, 0.2) is 0 Å². The zero-order valence-electron chi connectivity index (χ0n) is 9.14. The molecule has 0 amide bonds. The maximum Gasteiger partial charge on any atom is 0.273 e. The molecule has 0 aromatic heterocycles. The second-order valence-electron chi connectivity index (χ2n) is 4.20. The van der Waals surface area contributed by atoms with Crippen LogP contribution in [0.1, 0.15) is 5.56 Å². The third-order valence-corrected chi connectivity index (χ3v) is 4.75. The fraction of sp³-hybridized carbons (Fsp3) is 0.455. The summed E-state index contributed by atoms with van der Waals surface area (Å²) in [5.41, 5.74) is 6.95. The molecule has 1 aliphatic heterocycles. The Kier molecular flexibility index (Phi) is 4.06. The van der Waals surface area contributed by atoms with E-state index in [1.54, 1.807) is 6.07 Å². The van der Waals surface area contributed by atoms with Crippen molar-refractivity contribution in [2.75, 3.05) is 11.5 Å². The van der Waals surface area contributed by atoms with Gasteiger partial charge in [-0.05, 0) is 24.2 Å². The smallest absolute Gasteiger partial charge is 0.273 e. The van der Waals surface area contributed by atoms with Crippen molar-refractivity contribution in [1.29, 1.82) is 0 Å². The first-order chi connectivity index (χ1) is 8.08. The van der Waals surface area contributed by atoms with E-state index in [2.05, 4.69) is 15.9 Å². The molecule has 2 atom stereocenters. The van der Waals surface area contributed by atoms with Crippen molar-refractivity contribution in [1.82, 2.24) is 0 Å². The monoisotopic (exact) mass is 316 g/mol. The van der Waals surface area contributed by atoms with Crippen molar-refractivity contribution in [3.8, 4) is 0 Å². The average molecular weight is 317 g/mol. The van der Waals surface area contributed by atoms with Crippen molar-refractivity contribution in [3.63, 3.8) is 0 Å². The number of nitro groups is 1. The summed E-state index contributed by atoms with van der Waals surface area (Å²) in [6.45, 7) is 0. The molecule has 0 aliphatic carbocycles. The van der Waals surface area contributed by atoms with E-state index in [1.165, 1.54) is 0 Å². The molecule has 0 saturated carbocycles. The molecule has 1 aromatic rings. The molecule has 1 aromatic carbocycles. The molecule has 1 aliphatic rings. The van der Waals surface area contributed by atoms with E-state index in [4.69, 9.17) is 5.73 Å². The molecule has 6 heteroatoms. The molecular formula is C11H13BrN2O2S. The third kappa shape index (κ3) is 3.00. The van der Waals surface area contributed by atoms with E-state index >= 15 is 0 Å². The molecule has 2 rings (SSSR count).